The summed E-state index contributed by atoms with van der Waals surface area (Å²) in [6, 6.07) is 32.3. The van der Waals surface area contributed by atoms with Crippen molar-refractivity contribution in [3.05, 3.63) is 91.0 Å². The fourth-order valence-electron chi connectivity index (χ4n) is 3.76. The van der Waals surface area contributed by atoms with Gasteiger partial charge in [0.15, 0.2) is 0 Å². The number of unbranched alkanes of at least 4 members (excludes halogenated alkanes) is 9. The third kappa shape index (κ3) is 10.9. The largest absolute Gasteiger partial charge is 0.0928 e. The summed E-state index contributed by atoms with van der Waals surface area (Å²) in [6.45, 7) is 2.28. The van der Waals surface area contributed by atoms with Gasteiger partial charge >= 0.3 is 0 Å². The van der Waals surface area contributed by atoms with Gasteiger partial charge < -0.3 is 0 Å². The lowest BCUT2D eigenvalue weighted by Crippen LogP contribution is -2.20. The molecule has 3 aromatic rings. The average molecular weight is 512 g/mol. The first-order valence-corrected chi connectivity index (χ1v) is 14.8. The van der Waals surface area contributed by atoms with Crippen LogP contribution in [0.1, 0.15) is 71.1 Å². The van der Waals surface area contributed by atoms with Crippen molar-refractivity contribution in [1.29, 1.82) is 0 Å². The Bertz CT molecular complexity index is 685. The minimum Gasteiger partial charge on any atom is -0.0928 e. The summed E-state index contributed by atoms with van der Waals surface area (Å²) in [4.78, 5) is 0. The Balaban J connectivity index is 0.000000247. The number of hydrogen-bond donors (Lipinski definition) is 0. The molecule has 2 heteroatoms. The Hall–Kier alpha value is -1.43. The van der Waals surface area contributed by atoms with Crippen molar-refractivity contribution in [3.8, 4) is 0 Å². The molecule has 0 fully saturated rings. The van der Waals surface area contributed by atoms with Gasteiger partial charge in [-0.05, 0) is 30.3 Å². The van der Waals surface area contributed by atoms with Crippen LogP contribution in [0.25, 0.3) is 0 Å². The molecule has 172 valence electrons. The highest BCUT2D eigenvalue weighted by atomic mass is 79.9. The summed E-state index contributed by atoms with van der Waals surface area (Å²) < 4.78 is 0. The standard InChI is InChI=1S/C18H15P.C12H25Br/c1-4-10-16(11-5-1)19(17-12-6-2-7-13-17)18-14-8-3-9-15-18;1-2-3-4-5-6-7-8-9-10-11-12-13/h1-15H;2-12H2,1H3. The zero-order chi connectivity index (χ0) is 22.7. The normalized spacial score (nSPS) is 10.6. The summed E-state index contributed by atoms with van der Waals surface area (Å²) in [5.74, 6) is 0. The molecule has 0 aliphatic carbocycles. The zero-order valence-corrected chi connectivity index (χ0v) is 22.2. The van der Waals surface area contributed by atoms with Crippen molar-refractivity contribution in [2.45, 2.75) is 71.1 Å². The number of alkyl halides is 1. The lowest BCUT2D eigenvalue weighted by molar-refractivity contribution is 0.563. The van der Waals surface area contributed by atoms with Gasteiger partial charge in [-0.3, -0.25) is 0 Å². The molecule has 0 saturated carbocycles. The average Bonchev–Trinajstić information content (AvgIpc) is 2.86. The van der Waals surface area contributed by atoms with Crippen LogP contribution in [0.4, 0.5) is 0 Å². The Morgan fingerprint density at radius 1 is 0.469 bits per heavy atom. The van der Waals surface area contributed by atoms with E-state index in [2.05, 4.69) is 114 Å². The van der Waals surface area contributed by atoms with Gasteiger partial charge in [-0.1, -0.05) is 172 Å². The molecule has 3 rings (SSSR count). The van der Waals surface area contributed by atoms with Gasteiger partial charge in [0.25, 0.3) is 0 Å². The number of benzene rings is 3. The monoisotopic (exact) mass is 510 g/mol. The van der Waals surface area contributed by atoms with E-state index in [0.717, 1.165) is 0 Å². The predicted octanol–water partition coefficient (Wildman–Crippen LogP) is 8.75. The second kappa shape index (κ2) is 18.0. The summed E-state index contributed by atoms with van der Waals surface area (Å²) in [5, 5.41) is 5.38. The maximum Gasteiger partial charge on any atom is 0.00313 e. The first-order chi connectivity index (χ1) is 15.9. The molecule has 0 amide bonds. The van der Waals surface area contributed by atoms with Gasteiger partial charge in [0, 0.05) is 5.33 Å². The highest BCUT2D eigenvalue weighted by molar-refractivity contribution is 9.09. The smallest absolute Gasteiger partial charge is 0.00313 e. The molecule has 0 nitrogen and oxygen atoms in total. The minimum atomic E-state index is -0.446. The van der Waals surface area contributed by atoms with Crippen LogP contribution < -0.4 is 15.9 Å². The molecule has 0 bridgehead atoms. The third-order valence-corrected chi connectivity index (χ3v) is 8.53. The van der Waals surface area contributed by atoms with E-state index in [-0.39, 0.29) is 0 Å². The molecule has 32 heavy (non-hydrogen) atoms. The predicted molar refractivity (Wildman–Crippen MR) is 151 cm³/mol. The van der Waals surface area contributed by atoms with Crippen molar-refractivity contribution < 1.29 is 0 Å². The zero-order valence-electron chi connectivity index (χ0n) is 19.8. The molecule has 0 atom stereocenters. The maximum atomic E-state index is 3.46. The van der Waals surface area contributed by atoms with Crippen LogP contribution >= 0.6 is 23.9 Å². The molecule has 0 heterocycles. The first-order valence-electron chi connectivity index (χ1n) is 12.4. The summed E-state index contributed by atoms with van der Waals surface area (Å²) in [7, 11) is -0.446. The number of rotatable bonds is 13. The summed E-state index contributed by atoms with van der Waals surface area (Å²) >= 11 is 3.46. The minimum absolute atomic E-state index is 0.446. The van der Waals surface area contributed by atoms with Gasteiger partial charge in [0.2, 0.25) is 0 Å². The lowest BCUT2D eigenvalue weighted by Gasteiger charge is -2.18. The van der Waals surface area contributed by atoms with E-state index in [1.54, 1.807) is 0 Å². The van der Waals surface area contributed by atoms with Gasteiger partial charge in [-0.2, -0.15) is 0 Å². The van der Waals surface area contributed by atoms with Crippen LogP contribution in [0, 0.1) is 0 Å². The topological polar surface area (TPSA) is 0 Å². The van der Waals surface area contributed by atoms with E-state index in [4.69, 9.17) is 0 Å². The van der Waals surface area contributed by atoms with Gasteiger partial charge in [-0.25, -0.2) is 0 Å². The van der Waals surface area contributed by atoms with Crippen molar-refractivity contribution in [1.82, 2.24) is 0 Å². The third-order valence-electron chi connectivity index (χ3n) is 5.53. The molecule has 0 radical (unpaired) electrons. The van der Waals surface area contributed by atoms with Crippen molar-refractivity contribution in [3.63, 3.8) is 0 Å². The molecular weight excluding hydrogens is 471 g/mol. The van der Waals surface area contributed by atoms with E-state index in [0.29, 0.717) is 0 Å². The van der Waals surface area contributed by atoms with Crippen LogP contribution in [-0.4, -0.2) is 5.33 Å². The molecular formula is C30H40BrP. The van der Waals surface area contributed by atoms with Crippen LogP contribution in [0.3, 0.4) is 0 Å². The highest BCUT2D eigenvalue weighted by Gasteiger charge is 2.14. The van der Waals surface area contributed by atoms with E-state index in [1.165, 1.54) is 85.5 Å². The fourth-order valence-corrected chi connectivity index (χ4v) is 6.46. The van der Waals surface area contributed by atoms with Crippen LogP contribution in [0.5, 0.6) is 0 Å². The molecule has 3 aromatic carbocycles. The van der Waals surface area contributed by atoms with Crippen molar-refractivity contribution in [2.24, 2.45) is 0 Å². The second-order valence-electron chi connectivity index (χ2n) is 8.21. The Morgan fingerprint density at radius 2 is 0.781 bits per heavy atom. The SMILES string of the molecule is CCCCCCCCCCCCBr.c1ccc(P(c2ccccc2)c2ccccc2)cc1. The molecule has 0 N–H and O–H groups in total. The Morgan fingerprint density at radius 3 is 1.09 bits per heavy atom. The van der Waals surface area contributed by atoms with E-state index >= 15 is 0 Å². The molecule has 0 aliphatic rings. The van der Waals surface area contributed by atoms with Crippen molar-refractivity contribution >= 4 is 39.8 Å². The van der Waals surface area contributed by atoms with Crippen molar-refractivity contribution in [2.75, 3.05) is 5.33 Å². The van der Waals surface area contributed by atoms with Crippen LogP contribution in [0.2, 0.25) is 0 Å². The van der Waals surface area contributed by atoms with Gasteiger partial charge in [-0.15, -0.1) is 0 Å². The molecule has 0 aromatic heterocycles. The summed E-state index contributed by atoms with van der Waals surface area (Å²) in [6.07, 6.45) is 14.3. The van der Waals surface area contributed by atoms with Gasteiger partial charge in [0.05, 0.1) is 0 Å². The summed E-state index contributed by atoms with van der Waals surface area (Å²) in [5.41, 5.74) is 0. The molecule has 0 saturated heterocycles. The fraction of sp³-hybridized carbons (Fsp3) is 0.400. The van der Waals surface area contributed by atoms with E-state index in [9.17, 15) is 0 Å². The van der Waals surface area contributed by atoms with E-state index in [1.807, 2.05) is 0 Å². The number of hydrogen-bond acceptors (Lipinski definition) is 0. The lowest BCUT2D eigenvalue weighted by atomic mass is 10.1. The van der Waals surface area contributed by atoms with E-state index < -0.39 is 7.92 Å². The first kappa shape index (κ1) is 26.8. The van der Waals surface area contributed by atoms with Gasteiger partial charge in [0.1, 0.15) is 0 Å². The maximum absolute atomic E-state index is 3.46. The van der Waals surface area contributed by atoms with Crippen LogP contribution in [0.15, 0.2) is 91.0 Å². The molecule has 0 unspecified atom stereocenters. The Labute approximate surface area is 206 Å². The Kier molecular flexibility index (Phi) is 15.1. The van der Waals surface area contributed by atoms with Crippen LogP contribution in [-0.2, 0) is 0 Å². The number of halogens is 1. The second-order valence-corrected chi connectivity index (χ2v) is 11.2. The molecule has 0 spiro atoms. The molecule has 0 aliphatic heterocycles. The highest BCUT2D eigenvalue weighted by Crippen LogP contribution is 2.32. The quantitative estimate of drug-likeness (QED) is 0.122.